The second-order valence-corrected chi connectivity index (χ2v) is 7.32. The quantitative estimate of drug-likeness (QED) is 0.737. The molecule has 3 rings (SSSR count). The first-order chi connectivity index (χ1) is 14.2. The Labute approximate surface area is 172 Å². The lowest BCUT2D eigenvalue weighted by Gasteiger charge is -2.32. The normalized spacial score (nSPS) is 17.7. The number of aromatic amines is 1. The number of alkyl halides is 3. The van der Waals surface area contributed by atoms with Crippen LogP contribution in [0.5, 0.6) is 5.75 Å². The van der Waals surface area contributed by atoms with E-state index in [1.807, 2.05) is 11.0 Å². The van der Waals surface area contributed by atoms with Crippen molar-refractivity contribution in [2.45, 2.75) is 18.7 Å². The van der Waals surface area contributed by atoms with Crippen LogP contribution in [0.4, 0.5) is 13.2 Å². The van der Waals surface area contributed by atoms with Crippen molar-refractivity contribution in [3.63, 3.8) is 0 Å². The molecule has 2 aromatic rings. The van der Waals surface area contributed by atoms with Crippen molar-refractivity contribution in [1.82, 2.24) is 20.0 Å². The summed E-state index contributed by atoms with van der Waals surface area (Å²) in [6.07, 6.45) is -4.19. The van der Waals surface area contributed by atoms with E-state index in [4.69, 9.17) is 9.47 Å². The zero-order valence-corrected chi connectivity index (χ0v) is 16.9. The summed E-state index contributed by atoms with van der Waals surface area (Å²) in [5.41, 5.74) is 0.781. The summed E-state index contributed by atoms with van der Waals surface area (Å²) < 4.78 is 49.5. The average molecular weight is 426 g/mol. The van der Waals surface area contributed by atoms with Crippen LogP contribution < -0.4 is 4.74 Å². The zero-order chi connectivity index (χ0) is 21.7. The van der Waals surface area contributed by atoms with E-state index >= 15 is 0 Å². The highest BCUT2D eigenvalue weighted by Crippen LogP contribution is 2.31. The molecule has 1 atom stereocenters. The van der Waals surface area contributed by atoms with E-state index in [-0.39, 0.29) is 24.4 Å². The van der Waals surface area contributed by atoms with E-state index in [0.29, 0.717) is 32.7 Å². The molecule has 1 aliphatic rings. The van der Waals surface area contributed by atoms with Gasteiger partial charge in [0.1, 0.15) is 11.9 Å². The summed E-state index contributed by atoms with van der Waals surface area (Å²) >= 11 is 0. The van der Waals surface area contributed by atoms with E-state index in [1.165, 1.54) is 12.1 Å². The number of H-pyrrole nitrogens is 1. The monoisotopic (exact) mass is 426 g/mol. The van der Waals surface area contributed by atoms with Crippen LogP contribution >= 0.6 is 0 Å². The maximum atomic E-state index is 12.8. The smallest absolute Gasteiger partial charge is 0.416 e. The number of carbonyl (C=O) groups excluding carboxylic acids is 1. The molecule has 0 bridgehead atoms. The molecule has 1 amide bonds. The van der Waals surface area contributed by atoms with Crippen LogP contribution in [0.2, 0.25) is 0 Å². The molecule has 30 heavy (non-hydrogen) atoms. The minimum atomic E-state index is -4.40. The summed E-state index contributed by atoms with van der Waals surface area (Å²) in [5.74, 6) is 0.200. The zero-order valence-electron chi connectivity index (χ0n) is 16.9. The molecule has 1 aromatic carbocycles. The van der Waals surface area contributed by atoms with Crippen molar-refractivity contribution < 1.29 is 27.4 Å². The molecule has 1 N–H and O–H groups in total. The number of hydrogen-bond acceptors (Lipinski definition) is 5. The Bertz CT molecular complexity index is 854. The number of hydrogen-bond donors (Lipinski definition) is 1. The highest BCUT2D eigenvalue weighted by atomic mass is 19.4. The highest BCUT2D eigenvalue weighted by Gasteiger charge is 2.30. The summed E-state index contributed by atoms with van der Waals surface area (Å²) in [5, 5.41) is 7.20. The van der Waals surface area contributed by atoms with E-state index < -0.39 is 11.7 Å². The minimum absolute atomic E-state index is 0.0325. The van der Waals surface area contributed by atoms with Crippen LogP contribution in [-0.4, -0.2) is 72.8 Å². The maximum absolute atomic E-state index is 12.8. The number of nitrogens with one attached hydrogen (secondary N) is 1. The van der Waals surface area contributed by atoms with Gasteiger partial charge in [0, 0.05) is 39.3 Å². The van der Waals surface area contributed by atoms with E-state index in [9.17, 15) is 18.0 Å². The molecule has 0 saturated carbocycles. The van der Waals surface area contributed by atoms with E-state index in [0.717, 1.165) is 23.5 Å². The molecule has 1 aliphatic heterocycles. The second kappa shape index (κ2) is 9.48. The standard InChI is InChI=1S/C20H25F3N4O3/c1-26(2)19(28)13-27-7-9-30-18(12-27)17-11-15(24-25-17)6-8-29-16-5-3-4-14(10-16)20(21,22)23/h3-5,10-11,18H,6-9,12-13H2,1-2H3,(H,24,25)/t18-/m1/s1. The van der Waals surface area contributed by atoms with Crippen LogP contribution in [0.1, 0.15) is 23.1 Å². The molecule has 10 heteroatoms. The van der Waals surface area contributed by atoms with Gasteiger partial charge in [-0.25, -0.2) is 0 Å². The molecule has 1 saturated heterocycles. The molecule has 7 nitrogen and oxygen atoms in total. The lowest BCUT2D eigenvalue weighted by molar-refractivity contribution is -0.137. The van der Waals surface area contributed by atoms with E-state index in [2.05, 4.69) is 10.2 Å². The number of benzene rings is 1. The number of halogens is 3. The predicted molar refractivity (Wildman–Crippen MR) is 103 cm³/mol. The molecule has 0 radical (unpaired) electrons. The van der Waals surface area contributed by atoms with Gasteiger partial charge in [0.25, 0.3) is 0 Å². The van der Waals surface area contributed by atoms with Crippen molar-refractivity contribution in [3.8, 4) is 5.75 Å². The molecule has 1 aromatic heterocycles. The number of amides is 1. The number of nitrogens with zero attached hydrogens (tertiary/aromatic N) is 3. The lowest BCUT2D eigenvalue weighted by atomic mass is 10.2. The topological polar surface area (TPSA) is 70.7 Å². The van der Waals surface area contributed by atoms with Gasteiger partial charge in [-0.15, -0.1) is 0 Å². The Morgan fingerprint density at radius 2 is 2.17 bits per heavy atom. The van der Waals surface area contributed by atoms with Gasteiger partial charge in [-0.1, -0.05) is 6.07 Å². The van der Waals surface area contributed by atoms with Crippen molar-refractivity contribution in [2.24, 2.45) is 0 Å². The second-order valence-electron chi connectivity index (χ2n) is 7.32. The fourth-order valence-corrected chi connectivity index (χ4v) is 3.07. The van der Waals surface area contributed by atoms with Crippen LogP contribution in [0.3, 0.4) is 0 Å². The molecular weight excluding hydrogens is 401 g/mol. The predicted octanol–water partition coefficient (Wildman–Crippen LogP) is 2.51. The first-order valence-electron chi connectivity index (χ1n) is 9.60. The summed E-state index contributed by atoms with van der Waals surface area (Å²) in [4.78, 5) is 15.5. The molecule has 0 unspecified atom stereocenters. The third kappa shape index (κ3) is 5.96. The van der Waals surface area contributed by atoms with Crippen molar-refractivity contribution in [3.05, 3.63) is 47.3 Å². The molecule has 1 fully saturated rings. The van der Waals surface area contributed by atoms with E-state index in [1.54, 1.807) is 19.0 Å². The highest BCUT2D eigenvalue weighted by molar-refractivity contribution is 5.77. The lowest BCUT2D eigenvalue weighted by Crippen LogP contribution is -2.44. The number of aromatic nitrogens is 2. The van der Waals surface area contributed by atoms with Crippen molar-refractivity contribution in [1.29, 1.82) is 0 Å². The summed E-state index contributed by atoms with van der Waals surface area (Å²) in [6, 6.07) is 6.66. The average Bonchev–Trinajstić information content (AvgIpc) is 3.17. The van der Waals surface area contributed by atoms with Gasteiger partial charge in [-0.3, -0.25) is 14.8 Å². The fourth-order valence-electron chi connectivity index (χ4n) is 3.07. The molecule has 164 valence electrons. The maximum Gasteiger partial charge on any atom is 0.416 e. The number of rotatable bonds is 7. The largest absolute Gasteiger partial charge is 0.493 e. The number of ether oxygens (including phenoxy) is 2. The Balaban J connectivity index is 1.51. The van der Waals surface area contributed by atoms with Crippen LogP contribution in [0, 0.1) is 0 Å². The Kier molecular flexibility index (Phi) is 6.99. The summed E-state index contributed by atoms with van der Waals surface area (Å²) in [7, 11) is 3.45. The van der Waals surface area contributed by atoms with Gasteiger partial charge >= 0.3 is 6.18 Å². The fraction of sp³-hybridized carbons (Fsp3) is 0.500. The van der Waals surface area contributed by atoms with Crippen LogP contribution in [0.25, 0.3) is 0 Å². The minimum Gasteiger partial charge on any atom is -0.493 e. The van der Waals surface area contributed by atoms with Gasteiger partial charge in [-0.05, 0) is 24.3 Å². The van der Waals surface area contributed by atoms with Crippen molar-refractivity contribution >= 4 is 5.91 Å². The van der Waals surface area contributed by atoms with Gasteiger partial charge in [0.05, 0.1) is 31.0 Å². The first kappa shape index (κ1) is 22.1. The number of likely N-dealkylation sites (N-methyl/N-ethyl adjacent to an activating group) is 1. The SMILES string of the molecule is CN(C)C(=O)CN1CCO[C@@H](c2cc(CCOc3cccc(C(F)(F)F)c3)[nH]n2)C1. The van der Waals surface area contributed by atoms with Gasteiger partial charge < -0.3 is 14.4 Å². The summed E-state index contributed by atoms with van der Waals surface area (Å²) in [6.45, 7) is 2.28. The molecule has 0 aliphatic carbocycles. The number of carbonyl (C=O) groups is 1. The third-order valence-electron chi connectivity index (χ3n) is 4.79. The molecular formula is C20H25F3N4O3. The van der Waals surface area contributed by atoms with Crippen molar-refractivity contribution in [2.75, 3.05) is 46.9 Å². The van der Waals surface area contributed by atoms with Crippen LogP contribution in [-0.2, 0) is 22.1 Å². The Morgan fingerprint density at radius 3 is 2.90 bits per heavy atom. The Hall–Kier alpha value is -2.59. The molecule has 2 heterocycles. The Morgan fingerprint density at radius 1 is 1.37 bits per heavy atom. The molecule has 0 spiro atoms. The number of morpholine rings is 1. The van der Waals surface area contributed by atoms with Gasteiger partial charge in [-0.2, -0.15) is 18.3 Å². The van der Waals surface area contributed by atoms with Crippen LogP contribution in [0.15, 0.2) is 30.3 Å². The first-order valence-corrected chi connectivity index (χ1v) is 9.60. The third-order valence-corrected chi connectivity index (χ3v) is 4.79. The van der Waals surface area contributed by atoms with Gasteiger partial charge in [0.15, 0.2) is 0 Å². The van der Waals surface area contributed by atoms with Gasteiger partial charge in [0.2, 0.25) is 5.91 Å².